The predicted octanol–water partition coefficient (Wildman–Crippen LogP) is 3.68. The lowest BCUT2D eigenvalue weighted by Gasteiger charge is -2.34. The average molecular weight is 302 g/mol. The van der Waals surface area contributed by atoms with Crippen LogP contribution in [0.3, 0.4) is 0 Å². The van der Waals surface area contributed by atoms with Crippen LogP contribution in [0.4, 0.5) is 0 Å². The highest BCUT2D eigenvalue weighted by molar-refractivity contribution is 8.07. The van der Waals surface area contributed by atoms with Crippen molar-refractivity contribution >= 4 is 34.9 Å². The van der Waals surface area contributed by atoms with Gasteiger partial charge in [0.05, 0.1) is 0 Å². The third kappa shape index (κ3) is 3.69. The van der Waals surface area contributed by atoms with Gasteiger partial charge in [0.1, 0.15) is 0 Å². The van der Waals surface area contributed by atoms with Crippen molar-refractivity contribution in [2.24, 2.45) is 0 Å². The van der Waals surface area contributed by atoms with E-state index in [0.717, 1.165) is 10.5 Å². The Labute approximate surface area is 124 Å². The van der Waals surface area contributed by atoms with E-state index < -0.39 is 0 Å². The number of nitrogens with one attached hydrogen (secondary N) is 1. The van der Waals surface area contributed by atoms with E-state index in [1.165, 1.54) is 34.1 Å². The number of aryl methyl sites for hydroxylation is 1. The second-order valence-electron chi connectivity index (χ2n) is 4.73. The van der Waals surface area contributed by atoms with Crippen LogP contribution >= 0.6 is 34.9 Å². The second kappa shape index (κ2) is 7.22. The van der Waals surface area contributed by atoms with Crippen molar-refractivity contribution in [3.05, 3.63) is 21.9 Å². The number of likely N-dealkylation sites (N-methyl/N-ethyl adjacent to an activating group) is 1. The van der Waals surface area contributed by atoms with Crippen molar-refractivity contribution in [3.63, 3.8) is 0 Å². The molecule has 18 heavy (non-hydrogen) atoms. The van der Waals surface area contributed by atoms with Crippen molar-refractivity contribution < 1.29 is 0 Å². The number of thioether (sulfide) groups is 2. The van der Waals surface area contributed by atoms with Crippen molar-refractivity contribution in [1.29, 1.82) is 0 Å². The Kier molecular flexibility index (Phi) is 5.93. The molecule has 3 unspecified atom stereocenters. The first-order chi connectivity index (χ1) is 8.74. The van der Waals surface area contributed by atoms with E-state index in [4.69, 9.17) is 0 Å². The zero-order valence-electron chi connectivity index (χ0n) is 11.4. The summed E-state index contributed by atoms with van der Waals surface area (Å²) in [5, 5.41) is 5.07. The lowest BCUT2D eigenvalue weighted by molar-refractivity contribution is 0.534. The van der Waals surface area contributed by atoms with Gasteiger partial charge < -0.3 is 5.32 Å². The molecule has 1 fully saturated rings. The third-order valence-corrected chi connectivity index (χ3v) is 7.99. The molecule has 0 saturated carbocycles. The van der Waals surface area contributed by atoms with Gasteiger partial charge in [0.2, 0.25) is 0 Å². The minimum Gasteiger partial charge on any atom is -0.315 e. The Bertz CT molecular complexity index is 364. The number of thiophene rings is 1. The topological polar surface area (TPSA) is 12.0 Å². The monoisotopic (exact) mass is 301 g/mol. The number of hydrogen-bond acceptors (Lipinski definition) is 4. The Morgan fingerprint density at radius 1 is 1.28 bits per heavy atom. The van der Waals surface area contributed by atoms with Crippen molar-refractivity contribution in [3.8, 4) is 0 Å². The highest BCUT2D eigenvalue weighted by Crippen LogP contribution is 2.34. The second-order valence-corrected chi connectivity index (χ2v) is 8.76. The number of rotatable bonds is 5. The molecule has 0 spiro atoms. The summed E-state index contributed by atoms with van der Waals surface area (Å²) in [7, 11) is 2.12. The standard InChI is InChI=1S/C14H23NS3/c1-4-11-5-6-12(18-11)9-13(15-3)14-10(2)16-7-8-17-14/h5-6,10,13-15H,4,7-9H2,1-3H3. The highest BCUT2D eigenvalue weighted by Gasteiger charge is 2.29. The Hall–Kier alpha value is 0.360. The predicted molar refractivity (Wildman–Crippen MR) is 88.4 cm³/mol. The molecule has 2 heterocycles. The molecule has 4 heteroatoms. The maximum atomic E-state index is 3.55. The summed E-state index contributed by atoms with van der Waals surface area (Å²) in [6.07, 6.45) is 2.35. The number of hydrogen-bond donors (Lipinski definition) is 1. The van der Waals surface area contributed by atoms with Crippen LogP contribution in [0, 0.1) is 0 Å². The molecule has 3 atom stereocenters. The molecule has 1 aliphatic heterocycles. The van der Waals surface area contributed by atoms with Crippen LogP contribution in [0.1, 0.15) is 23.6 Å². The van der Waals surface area contributed by atoms with Crippen LogP contribution in [0.2, 0.25) is 0 Å². The van der Waals surface area contributed by atoms with Crippen LogP contribution in [-0.2, 0) is 12.8 Å². The van der Waals surface area contributed by atoms with E-state index in [1.807, 2.05) is 11.3 Å². The molecule has 0 amide bonds. The Morgan fingerprint density at radius 3 is 2.61 bits per heavy atom. The fraction of sp³-hybridized carbons (Fsp3) is 0.714. The molecular weight excluding hydrogens is 278 g/mol. The van der Waals surface area contributed by atoms with Crippen LogP contribution in [0.5, 0.6) is 0 Å². The van der Waals surface area contributed by atoms with Crippen molar-refractivity contribution in [2.75, 3.05) is 18.6 Å². The summed E-state index contributed by atoms with van der Waals surface area (Å²) in [5.41, 5.74) is 0. The zero-order valence-corrected chi connectivity index (χ0v) is 13.9. The molecule has 0 radical (unpaired) electrons. The van der Waals surface area contributed by atoms with Crippen LogP contribution in [-0.4, -0.2) is 35.1 Å². The molecule has 2 rings (SSSR count). The van der Waals surface area contributed by atoms with Gasteiger partial charge in [-0.1, -0.05) is 13.8 Å². The molecule has 102 valence electrons. The van der Waals surface area contributed by atoms with Gasteiger partial charge in [-0.15, -0.1) is 11.3 Å². The third-order valence-electron chi connectivity index (χ3n) is 3.49. The summed E-state index contributed by atoms with van der Waals surface area (Å²) >= 11 is 6.28. The zero-order chi connectivity index (χ0) is 13.0. The maximum Gasteiger partial charge on any atom is 0.0321 e. The molecule has 1 saturated heterocycles. The highest BCUT2D eigenvalue weighted by atomic mass is 32.2. The molecule has 1 nitrogen and oxygen atoms in total. The SMILES string of the molecule is CCc1ccc(CC(NC)C2SCCSC2C)s1. The van der Waals surface area contributed by atoms with E-state index in [9.17, 15) is 0 Å². The molecular formula is C14H23NS3. The largest absolute Gasteiger partial charge is 0.315 e. The molecule has 1 aromatic rings. The molecule has 1 aliphatic rings. The van der Waals surface area contributed by atoms with E-state index in [1.54, 1.807) is 0 Å². The van der Waals surface area contributed by atoms with Crippen LogP contribution in [0.15, 0.2) is 12.1 Å². The molecule has 1 N–H and O–H groups in total. The average Bonchev–Trinajstić information content (AvgIpc) is 2.85. The van der Waals surface area contributed by atoms with Crippen LogP contribution < -0.4 is 5.32 Å². The first kappa shape index (κ1) is 14.8. The van der Waals surface area contributed by atoms with Crippen molar-refractivity contribution in [2.45, 2.75) is 43.2 Å². The first-order valence-electron chi connectivity index (χ1n) is 6.72. The van der Waals surface area contributed by atoms with E-state index in [-0.39, 0.29) is 0 Å². The van der Waals surface area contributed by atoms with E-state index in [0.29, 0.717) is 6.04 Å². The lowest BCUT2D eigenvalue weighted by Crippen LogP contribution is -2.44. The van der Waals surface area contributed by atoms with Gasteiger partial charge in [-0.05, 0) is 32.0 Å². The van der Waals surface area contributed by atoms with Gasteiger partial charge in [0, 0.05) is 37.8 Å². The Morgan fingerprint density at radius 2 is 2.00 bits per heavy atom. The minimum atomic E-state index is 0.612. The van der Waals surface area contributed by atoms with Gasteiger partial charge in [-0.3, -0.25) is 0 Å². The summed E-state index contributed by atoms with van der Waals surface area (Å²) in [6, 6.07) is 5.22. The fourth-order valence-corrected chi connectivity index (χ4v) is 6.43. The first-order valence-corrected chi connectivity index (χ1v) is 9.64. The van der Waals surface area contributed by atoms with Gasteiger partial charge in [0.15, 0.2) is 0 Å². The summed E-state index contributed by atoms with van der Waals surface area (Å²) < 4.78 is 0. The normalized spacial score (nSPS) is 26.2. The van der Waals surface area contributed by atoms with Gasteiger partial charge >= 0.3 is 0 Å². The Balaban J connectivity index is 1.99. The molecule has 0 bridgehead atoms. The minimum absolute atomic E-state index is 0.612. The van der Waals surface area contributed by atoms with Gasteiger partial charge in [0.25, 0.3) is 0 Å². The summed E-state index contributed by atoms with van der Waals surface area (Å²) in [6.45, 7) is 4.62. The quantitative estimate of drug-likeness (QED) is 0.891. The maximum absolute atomic E-state index is 3.55. The van der Waals surface area contributed by atoms with E-state index >= 15 is 0 Å². The van der Waals surface area contributed by atoms with Gasteiger partial charge in [-0.2, -0.15) is 23.5 Å². The van der Waals surface area contributed by atoms with Crippen LogP contribution in [0.25, 0.3) is 0 Å². The fourth-order valence-electron chi connectivity index (χ4n) is 2.41. The molecule has 1 aromatic heterocycles. The molecule has 0 aliphatic carbocycles. The van der Waals surface area contributed by atoms with Crippen molar-refractivity contribution in [1.82, 2.24) is 5.32 Å². The van der Waals surface area contributed by atoms with E-state index in [2.05, 4.69) is 61.9 Å². The lowest BCUT2D eigenvalue weighted by atomic mass is 10.1. The smallest absolute Gasteiger partial charge is 0.0321 e. The summed E-state index contributed by atoms with van der Waals surface area (Å²) in [4.78, 5) is 3.05. The van der Waals surface area contributed by atoms with Gasteiger partial charge in [-0.25, -0.2) is 0 Å². The summed E-state index contributed by atoms with van der Waals surface area (Å²) in [5.74, 6) is 2.63. The molecule has 0 aromatic carbocycles.